The molecule has 1 aliphatic heterocycles. The molecule has 1 aliphatic rings. The molecule has 0 fully saturated rings. The lowest BCUT2D eigenvalue weighted by atomic mass is 10.1. The van der Waals surface area contributed by atoms with E-state index < -0.39 is 0 Å². The van der Waals surface area contributed by atoms with E-state index in [1.165, 1.54) is 0 Å². The number of anilines is 1. The second-order valence-corrected chi connectivity index (χ2v) is 6.60. The zero-order valence-corrected chi connectivity index (χ0v) is 16.2. The molecule has 3 aromatic carbocycles. The van der Waals surface area contributed by atoms with Crippen LogP contribution in [0.1, 0.15) is 33.2 Å². The first-order valence-electron chi connectivity index (χ1n) is 9.31. The highest BCUT2D eigenvalue weighted by atomic mass is 16.7. The van der Waals surface area contributed by atoms with E-state index in [9.17, 15) is 9.59 Å². The van der Waals surface area contributed by atoms with Gasteiger partial charge in [-0.25, -0.2) is 5.43 Å². The lowest BCUT2D eigenvalue weighted by molar-refractivity contribution is 0.0953. The first-order chi connectivity index (χ1) is 14.6. The Bertz CT molecular complexity index is 1110. The molecule has 2 N–H and O–H groups in total. The van der Waals surface area contributed by atoms with Crippen molar-refractivity contribution in [1.29, 1.82) is 0 Å². The maximum absolute atomic E-state index is 12.3. The molecule has 0 aromatic heterocycles. The fourth-order valence-corrected chi connectivity index (χ4v) is 2.89. The Balaban J connectivity index is 1.38. The smallest absolute Gasteiger partial charge is 0.271 e. The lowest BCUT2D eigenvalue weighted by Crippen LogP contribution is -2.19. The minimum absolute atomic E-state index is 0.152. The van der Waals surface area contributed by atoms with Crippen molar-refractivity contribution >= 4 is 23.2 Å². The van der Waals surface area contributed by atoms with Gasteiger partial charge < -0.3 is 14.8 Å². The summed E-state index contributed by atoms with van der Waals surface area (Å²) in [7, 11) is 0. The number of carbonyl (C=O) groups is 2. The summed E-state index contributed by atoms with van der Waals surface area (Å²) in [5.74, 6) is 0.631. The summed E-state index contributed by atoms with van der Waals surface area (Å²) >= 11 is 0. The van der Waals surface area contributed by atoms with Gasteiger partial charge in [0.05, 0.1) is 5.71 Å². The number of carbonyl (C=O) groups excluding carboxylic acids is 2. The van der Waals surface area contributed by atoms with Gasteiger partial charge in [0.25, 0.3) is 11.8 Å². The molecule has 30 heavy (non-hydrogen) atoms. The summed E-state index contributed by atoms with van der Waals surface area (Å²) in [6.07, 6.45) is 0. The van der Waals surface area contributed by atoms with Crippen LogP contribution < -0.4 is 20.2 Å². The Morgan fingerprint density at radius 1 is 0.800 bits per heavy atom. The van der Waals surface area contributed by atoms with E-state index in [1.807, 2.05) is 30.3 Å². The van der Waals surface area contributed by atoms with Crippen LogP contribution in [0.4, 0.5) is 5.69 Å². The van der Waals surface area contributed by atoms with E-state index in [1.54, 1.807) is 49.4 Å². The van der Waals surface area contributed by atoms with Crippen LogP contribution in [0.2, 0.25) is 0 Å². The number of hydrogen-bond donors (Lipinski definition) is 2. The number of hydrogen-bond acceptors (Lipinski definition) is 5. The van der Waals surface area contributed by atoms with Crippen molar-refractivity contribution in [3.63, 3.8) is 0 Å². The van der Waals surface area contributed by atoms with Crippen LogP contribution in [0.25, 0.3) is 0 Å². The highest BCUT2D eigenvalue weighted by Crippen LogP contribution is 2.32. The van der Waals surface area contributed by atoms with Crippen LogP contribution in [0.5, 0.6) is 11.5 Å². The molecule has 0 aliphatic carbocycles. The summed E-state index contributed by atoms with van der Waals surface area (Å²) in [5.41, 5.74) is 5.67. The van der Waals surface area contributed by atoms with Gasteiger partial charge >= 0.3 is 0 Å². The molecule has 0 atom stereocenters. The lowest BCUT2D eigenvalue weighted by Gasteiger charge is -2.07. The highest BCUT2D eigenvalue weighted by Gasteiger charge is 2.16. The van der Waals surface area contributed by atoms with Crippen molar-refractivity contribution in [3.05, 3.63) is 89.5 Å². The number of rotatable bonds is 5. The van der Waals surface area contributed by atoms with Gasteiger partial charge in [0, 0.05) is 16.8 Å². The van der Waals surface area contributed by atoms with Gasteiger partial charge in [0.2, 0.25) is 6.79 Å². The van der Waals surface area contributed by atoms with Gasteiger partial charge in [-0.1, -0.05) is 30.3 Å². The van der Waals surface area contributed by atoms with E-state index in [0.717, 1.165) is 5.56 Å². The number of ether oxygens (including phenoxy) is 2. The Morgan fingerprint density at radius 2 is 1.50 bits per heavy atom. The molecule has 4 rings (SSSR count). The molecular formula is C23H19N3O4. The van der Waals surface area contributed by atoms with Crippen LogP contribution >= 0.6 is 0 Å². The average Bonchev–Trinajstić information content (AvgIpc) is 3.26. The second-order valence-electron chi connectivity index (χ2n) is 6.60. The van der Waals surface area contributed by atoms with Gasteiger partial charge in [-0.15, -0.1) is 0 Å². The molecule has 0 spiro atoms. The SMILES string of the molecule is CC(=NNC(=O)c1ccc2c(c1)OCO2)c1ccc(NC(=O)c2ccccc2)cc1. The van der Waals surface area contributed by atoms with Crippen LogP contribution in [0, 0.1) is 0 Å². The summed E-state index contributed by atoms with van der Waals surface area (Å²) in [6.45, 7) is 1.94. The van der Waals surface area contributed by atoms with E-state index in [-0.39, 0.29) is 18.6 Å². The normalized spacial score (nSPS) is 12.4. The fourth-order valence-electron chi connectivity index (χ4n) is 2.89. The van der Waals surface area contributed by atoms with Gasteiger partial charge in [-0.3, -0.25) is 9.59 Å². The molecule has 3 aromatic rings. The number of hydrazone groups is 1. The van der Waals surface area contributed by atoms with E-state index in [2.05, 4.69) is 15.8 Å². The molecule has 2 amide bonds. The van der Waals surface area contributed by atoms with Crippen molar-refractivity contribution in [2.45, 2.75) is 6.92 Å². The van der Waals surface area contributed by atoms with Crippen molar-refractivity contribution in [1.82, 2.24) is 5.43 Å². The predicted molar refractivity (Wildman–Crippen MR) is 113 cm³/mol. The second kappa shape index (κ2) is 8.48. The molecule has 7 nitrogen and oxygen atoms in total. The number of nitrogens with one attached hydrogen (secondary N) is 2. The van der Waals surface area contributed by atoms with Crippen LogP contribution in [0.15, 0.2) is 77.9 Å². The summed E-state index contributed by atoms with van der Waals surface area (Å²) < 4.78 is 10.5. The molecular weight excluding hydrogens is 382 g/mol. The molecule has 0 unspecified atom stereocenters. The summed E-state index contributed by atoms with van der Waals surface area (Å²) in [5, 5.41) is 7.01. The number of benzene rings is 3. The average molecular weight is 401 g/mol. The topological polar surface area (TPSA) is 89.0 Å². The van der Waals surface area contributed by atoms with Crippen molar-refractivity contribution in [3.8, 4) is 11.5 Å². The zero-order valence-electron chi connectivity index (χ0n) is 16.2. The minimum atomic E-state index is -0.348. The summed E-state index contributed by atoms with van der Waals surface area (Å²) in [6, 6.07) is 21.2. The maximum atomic E-state index is 12.3. The minimum Gasteiger partial charge on any atom is -0.454 e. The van der Waals surface area contributed by atoms with E-state index >= 15 is 0 Å². The monoisotopic (exact) mass is 401 g/mol. The Kier molecular flexibility index (Phi) is 5.43. The van der Waals surface area contributed by atoms with E-state index in [0.29, 0.717) is 34.0 Å². The van der Waals surface area contributed by atoms with Crippen LogP contribution in [-0.2, 0) is 0 Å². The summed E-state index contributed by atoms with van der Waals surface area (Å²) in [4.78, 5) is 24.5. The van der Waals surface area contributed by atoms with Crippen LogP contribution in [0.3, 0.4) is 0 Å². The Labute approximate surface area is 173 Å². The molecule has 150 valence electrons. The molecule has 0 bridgehead atoms. The third-order valence-electron chi connectivity index (χ3n) is 4.56. The van der Waals surface area contributed by atoms with Gasteiger partial charge in [-0.2, -0.15) is 5.10 Å². The van der Waals surface area contributed by atoms with Crippen molar-refractivity contribution < 1.29 is 19.1 Å². The van der Waals surface area contributed by atoms with Crippen molar-refractivity contribution in [2.75, 3.05) is 12.1 Å². The first kappa shape index (κ1) is 19.2. The third kappa shape index (κ3) is 4.30. The maximum Gasteiger partial charge on any atom is 0.271 e. The quantitative estimate of drug-likeness (QED) is 0.502. The molecule has 0 saturated carbocycles. The largest absolute Gasteiger partial charge is 0.454 e. The molecule has 0 saturated heterocycles. The number of amides is 2. The number of fused-ring (bicyclic) bond motifs is 1. The fraction of sp³-hybridized carbons (Fsp3) is 0.0870. The molecule has 7 heteroatoms. The first-order valence-corrected chi connectivity index (χ1v) is 9.31. The van der Waals surface area contributed by atoms with Gasteiger partial charge in [-0.05, 0) is 55.0 Å². The Morgan fingerprint density at radius 3 is 2.27 bits per heavy atom. The standard InChI is InChI=1S/C23H19N3O4/c1-15(25-26-23(28)18-9-12-20-21(13-18)30-14-29-20)16-7-10-19(11-8-16)24-22(27)17-5-3-2-4-6-17/h2-13H,14H2,1H3,(H,24,27)(H,26,28). The zero-order chi connectivity index (χ0) is 20.9. The van der Waals surface area contributed by atoms with Gasteiger partial charge in [0.1, 0.15) is 0 Å². The highest BCUT2D eigenvalue weighted by molar-refractivity contribution is 6.05. The molecule has 0 radical (unpaired) electrons. The molecule has 1 heterocycles. The van der Waals surface area contributed by atoms with Crippen LogP contribution in [-0.4, -0.2) is 24.3 Å². The van der Waals surface area contributed by atoms with Crippen molar-refractivity contribution in [2.24, 2.45) is 5.10 Å². The van der Waals surface area contributed by atoms with E-state index in [4.69, 9.17) is 9.47 Å². The number of nitrogens with zero attached hydrogens (tertiary/aromatic N) is 1. The predicted octanol–water partition coefficient (Wildman–Crippen LogP) is 3.82. The third-order valence-corrected chi connectivity index (χ3v) is 4.56. The van der Waals surface area contributed by atoms with Gasteiger partial charge in [0.15, 0.2) is 11.5 Å². The Hall–Kier alpha value is -4.13.